The molecule has 3 aliphatic heterocycles. The maximum Gasteiger partial charge on any atom is 0.240 e. The summed E-state index contributed by atoms with van der Waals surface area (Å²) in [6.07, 6.45) is 4.77. The fourth-order valence-corrected chi connectivity index (χ4v) is 3.44. The Morgan fingerprint density at radius 2 is 2.05 bits per heavy atom. The van der Waals surface area contributed by atoms with Gasteiger partial charge in [-0.3, -0.25) is 9.59 Å². The predicted molar refractivity (Wildman–Crippen MR) is 77.8 cm³/mol. The number of carbonyl (C=O) groups excluding carboxylic acids is 2. The topological polar surface area (TPSA) is 61.9 Å². The molecule has 0 aliphatic carbocycles. The summed E-state index contributed by atoms with van der Waals surface area (Å²) in [5.74, 6) is 0.168. The van der Waals surface area contributed by atoms with E-state index in [4.69, 9.17) is 4.74 Å². The van der Waals surface area contributed by atoms with E-state index in [0.29, 0.717) is 19.5 Å². The highest BCUT2D eigenvalue weighted by molar-refractivity contribution is 5.89. The Kier molecular flexibility index (Phi) is 4.75. The molecule has 3 rings (SSSR count). The summed E-state index contributed by atoms with van der Waals surface area (Å²) in [4.78, 5) is 28.5. The summed E-state index contributed by atoms with van der Waals surface area (Å²) in [7, 11) is 0. The third kappa shape index (κ3) is 3.55. The molecule has 6 heteroatoms. The summed E-state index contributed by atoms with van der Waals surface area (Å²) >= 11 is 0. The van der Waals surface area contributed by atoms with E-state index in [1.807, 2.05) is 9.80 Å². The molecule has 2 atom stereocenters. The Bertz CT molecular complexity index is 390. The second kappa shape index (κ2) is 6.75. The highest BCUT2D eigenvalue weighted by Gasteiger charge is 2.33. The Morgan fingerprint density at radius 1 is 1.24 bits per heavy atom. The van der Waals surface area contributed by atoms with Crippen LogP contribution in [0.3, 0.4) is 0 Å². The molecular weight excluding hydrogens is 270 g/mol. The smallest absolute Gasteiger partial charge is 0.240 e. The maximum absolute atomic E-state index is 12.5. The predicted octanol–water partition coefficient (Wildman–Crippen LogP) is -0.0217. The van der Waals surface area contributed by atoms with Crippen molar-refractivity contribution in [2.45, 2.75) is 44.2 Å². The van der Waals surface area contributed by atoms with E-state index in [2.05, 4.69) is 5.32 Å². The molecule has 0 aromatic heterocycles. The molecule has 3 heterocycles. The summed E-state index contributed by atoms with van der Waals surface area (Å²) in [5.41, 5.74) is 0. The van der Waals surface area contributed by atoms with Crippen molar-refractivity contribution in [3.8, 4) is 0 Å². The fraction of sp³-hybridized carbons (Fsp3) is 0.867. The number of hydrogen-bond acceptors (Lipinski definition) is 4. The third-order valence-electron chi connectivity index (χ3n) is 4.67. The van der Waals surface area contributed by atoms with Crippen LogP contribution in [-0.2, 0) is 14.3 Å². The number of piperazine rings is 1. The van der Waals surface area contributed by atoms with E-state index in [0.717, 1.165) is 51.9 Å². The Morgan fingerprint density at radius 3 is 2.76 bits per heavy atom. The lowest BCUT2D eigenvalue weighted by atomic mass is 10.1. The van der Waals surface area contributed by atoms with Crippen LogP contribution in [0.5, 0.6) is 0 Å². The molecule has 3 aliphatic rings. The van der Waals surface area contributed by atoms with Crippen molar-refractivity contribution in [3.63, 3.8) is 0 Å². The summed E-state index contributed by atoms with van der Waals surface area (Å²) < 4.78 is 5.61. The molecule has 0 saturated carbocycles. The number of nitrogens with zero attached hydrogens (tertiary/aromatic N) is 2. The van der Waals surface area contributed by atoms with Gasteiger partial charge in [0.2, 0.25) is 11.8 Å². The van der Waals surface area contributed by atoms with Crippen LogP contribution in [0, 0.1) is 0 Å². The lowest BCUT2D eigenvalue weighted by molar-refractivity contribution is -0.141. The van der Waals surface area contributed by atoms with Crippen molar-refractivity contribution < 1.29 is 14.3 Å². The highest BCUT2D eigenvalue weighted by Crippen LogP contribution is 2.16. The first-order valence-corrected chi connectivity index (χ1v) is 8.15. The quantitative estimate of drug-likeness (QED) is 0.792. The first kappa shape index (κ1) is 14.8. The number of nitrogens with one attached hydrogen (secondary N) is 1. The van der Waals surface area contributed by atoms with Crippen molar-refractivity contribution >= 4 is 11.8 Å². The van der Waals surface area contributed by atoms with Crippen molar-refractivity contribution in [2.24, 2.45) is 0 Å². The van der Waals surface area contributed by atoms with Gasteiger partial charge in [-0.2, -0.15) is 0 Å². The maximum atomic E-state index is 12.5. The van der Waals surface area contributed by atoms with Gasteiger partial charge in [0.05, 0.1) is 18.6 Å². The van der Waals surface area contributed by atoms with Gasteiger partial charge in [0.25, 0.3) is 0 Å². The van der Waals surface area contributed by atoms with E-state index < -0.39 is 0 Å². The molecule has 0 aromatic carbocycles. The second-order valence-corrected chi connectivity index (χ2v) is 6.22. The first-order valence-electron chi connectivity index (χ1n) is 8.15. The molecule has 0 bridgehead atoms. The molecule has 21 heavy (non-hydrogen) atoms. The van der Waals surface area contributed by atoms with Gasteiger partial charge in [0.15, 0.2) is 0 Å². The number of ether oxygens (including phenoxy) is 1. The number of carbonyl (C=O) groups is 2. The van der Waals surface area contributed by atoms with E-state index in [9.17, 15) is 9.59 Å². The Hall–Kier alpha value is -1.14. The normalized spacial score (nSPS) is 30.2. The molecule has 0 radical (unpaired) electrons. The van der Waals surface area contributed by atoms with Gasteiger partial charge in [-0.15, -0.1) is 0 Å². The molecular formula is C15H25N3O3. The monoisotopic (exact) mass is 295 g/mol. The van der Waals surface area contributed by atoms with Crippen LogP contribution in [-0.4, -0.2) is 73.1 Å². The number of hydrogen-bond donors (Lipinski definition) is 1. The standard InChI is InChI=1S/C15H25N3O3/c19-14(17-6-1-2-7-17)10-13-15(20)18(8-5-16-13)11-12-4-3-9-21-12/h12-13,16H,1-11H2. The SMILES string of the molecule is O=C(CC1NCCN(CC2CCCO2)C1=O)N1CCCC1. The molecule has 3 fully saturated rings. The Labute approximate surface area is 125 Å². The van der Waals surface area contributed by atoms with Crippen LogP contribution in [0.2, 0.25) is 0 Å². The third-order valence-corrected chi connectivity index (χ3v) is 4.67. The largest absolute Gasteiger partial charge is 0.376 e. The van der Waals surface area contributed by atoms with Crippen LogP contribution in [0.4, 0.5) is 0 Å². The minimum atomic E-state index is -0.353. The second-order valence-electron chi connectivity index (χ2n) is 6.22. The highest BCUT2D eigenvalue weighted by atomic mass is 16.5. The summed E-state index contributed by atoms with van der Waals surface area (Å²) in [5, 5.41) is 3.20. The van der Waals surface area contributed by atoms with Crippen molar-refractivity contribution in [2.75, 3.05) is 39.3 Å². The molecule has 0 aromatic rings. The van der Waals surface area contributed by atoms with E-state index in [1.165, 1.54) is 0 Å². The van der Waals surface area contributed by atoms with Crippen molar-refractivity contribution in [1.82, 2.24) is 15.1 Å². The van der Waals surface area contributed by atoms with Gasteiger partial charge in [0, 0.05) is 39.3 Å². The number of likely N-dealkylation sites (tertiary alicyclic amines) is 1. The average Bonchev–Trinajstić information content (AvgIpc) is 3.16. The van der Waals surface area contributed by atoms with Gasteiger partial charge in [-0.25, -0.2) is 0 Å². The van der Waals surface area contributed by atoms with Gasteiger partial charge < -0.3 is 19.9 Å². The molecule has 118 valence electrons. The lowest BCUT2D eigenvalue weighted by Gasteiger charge is -2.34. The van der Waals surface area contributed by atoms with Crippen LogP contribution in [0.25, 0.3) is 0 Å². The van der Waals surface area contributed by atoms with Crippen LogP contribution >= 0.6 is 0 Å². The van der Waals surface area contributed by atoms with Gasteiger partial charge in [-0.1, -0.05) is 0 Å². The lowest BCUT2D eigenvalue weighted by Crippen LogP contribution is -2.57. The minimum Gasteiger partial charge on any atom is -0.376 e. The zero-order chi connectivity index (χ0) is 14.7. The van der Waals surface area contributed by atoms with Gasteiger partial charge in [-0.05, 0) is 25.7 Å². The molecule has 2 unspecified atom stereocenters. The van der Waals surface area contributed by atoms with Gasteiger partial charge >= 0.3 is 0 Å². The van der Waals surface area contributed by atoms with Crippen LogP contribution < -0.4 is 5.32 Å². The van der Waals surface area contributed by atoms with E-state index in [1.54, 1.807) is 0 Å². The summed E-state index contributed by atoms with van der Waals surface area (Å²) in [6, 6.07) is -0.353. The zero-order valence-corrected chi connectivity index (χ0v) is 12.6. The van der Waals surface area contributed by atoms with Crippen molar-refractivity contribution in [3.05, 3.63) is 0 Å². The fourth-order valence-electron chi connectivity index (χ4n) is 3.44. The summed E-state index contributed by atoms with van der Waals surface area (Å²) in [6.45, 7) is 4.65. The molecule has 0 spiro atoms. The molecule has 6 nitrogen and oxygen atoms in total. The molecule has 3 saturated heterocycles. The Balaban J connectivity index is 1.52. The molecule has 2 amide bonds. The van der Waals surface area contributed by atoms with Gasteiger partial charge in [0.1, 0.15) is 0 Å². The van der Waals surface area contributed by atoms with Crippen LogP contribution in [0.15, 0.2) is 0 Å². The van der Waals surface area contributed by atoms with E-state index in [-0.39, 0.29) is 24.0 Å². The number of amides is 2. The van der Waals surface area contributed by atoms with E-state index >= 15 is 0 Å². The van der Waals surface area contributed by atoms with Crippen molar-refractivity contribution in [1.29, 1.82) is 0 Å². The molecule has 1 N–H and O–H groups in total. The minimum absolute atomic E-state index is 0.0595. The first-order chi connectivity index (χ1) is 10.2. The van der Waals surface area contributed by atoms with Crippen LogP contribution in [0.1, 0.15) is 32.1 Å². The zero-order valence-electron chi connectivity index (χ0n) is 12.6. The number of rotatable bonds is 4. The average molecular weight is 295 g/mol.